The first kappa shape index (κ1) is 13.3. The van der Waals surface area contributed by atoms with Crippen molar-refractivity contribution in [3.63, 3.8) is 0 Å². The van der Waals surface area contributed by atoms with Gasteiger partial charge in [-0.25, -0.2) is 4.98 Å². The van der Waals surface area contributed by atoms with Crippen molar-refractivity contribution in [2.75, 3.05) is 7.11 Å². The lowest BCUT2D eigenvalue weighted by molar-refractivity contribution is 0.111. The van der Waals surface area contributed by atoms with E-state index in [1.165, 1.54) is 0 Å². The van der Waals surface area contributed by atoms with Crippen LogP contribution in [0, 0.1) is 20.8 Å². The highest BCUT2D eigenvalue weighted by Crippen LogP contribution is 2.31. The highest BCUT2D eigenvalue weighted by atomic mass is 16.5. The number of hydrogen-bond acceptors (Lipinski definition) is 3. The standard InChI is InChI=1S/C15H18N2O2/c1-9-7-14(19-5)10(2)6-12(9)15-13(8-18)17(4)11(3)16-15/h6-8H,1-5H3. The summed E-state index contributed by atoms with van der Waals surface area (Å²) in [7, 11) is 3.50. The molecule has 0 bridgehead atoms. The van der Waals surface area contributed by atoms with Crippen LogP contribution in [0.3, 0.4) is 0 Å². The number of benzene rings is 1. The van der Waals surface area contributed by atoms with E-state index in [9.17, 15) is 4.79 Å². The van der Waals surface area contributed by atoms with Gasteiger partial charge in [0.05, 0.1) is 12.8 Å². The Morgan fingerprint density at radius 1 is 1.21 bits per heavy atom. The van der Waals surface area contributed by atoms with E-state index in [0.717, 1.165) is 40.2 Å². The summed E-state index contributed by atoms with van der Waals surface area (Å²) in [5.41, 5.74) is 4.39. The molecule has 0 aliphatic carbocycles. The fraction of sp³-hybridized carbons (Fsp3) is 0.333. The van der Waals surface area contributed by atoms with E-state index in [0.29, 0.717) is 5.69 Å². The predicted molar refractivity (Wildman–Crippen MR) is 74.8 cm³/mol. The number of nitrogens with zero attached hydrogens (tertiary/aromatic N) is 2. The maximum absolute atomic E-state index is 11.3. The summed E-state index contributed by atoms with van der Waals surface area (Å²) in [6, 6.07) is 3.99. The maximum Gasteiger partial charge on any atom is 0.168 e. The number of aryl methyl sites for hydroxylation is 3. The molecule has 4 heteroatoms. The van der Waals surface area contributed by atoms with Crippen molar-refractivity contribution in [1.29, 1.82) is 0 Å². The second kappa shape index (κ2) is 4.88. The number of rotatable bonds is 3. The molecule has 0 aliphatic heterocycles. The molecular formula is C15H18N2O2. The van der Waals surface area contributed by atoms with Gasteiger partial charge in [0.2, 0.25) is 0 Å². The van der Waals surface area contributed by atoms with E-state index in [1.54, 1.807) is 11.7 Å². The summed E-state index contributed by atoms with van der Waals surface area (Å²) in [6.07, 6.45) is 0.855. The van der Waals surface area contributed by atoms with Crippen molar-refractivity contribution in [1.82, 2.24) is 9.55 Å². The van der Waals surface area contributed by atoms with Gasteiger partial charge in [-0.05, 0) is 44.0 Å². The van der Waals surface area contributed by atoms with E-state index < -0.39 is 0 Å². The number of hydrogen-bond donors (Lipinski definition) is 0. The molecule has 0 radical (unpaired) electrons. The molecule has 100 valence electrons. The van der Waals surface area contributed by atoms with Crippen LogP contribution >= 0.6 is 0 Å². The first-order chi connectivity index (χ1) is 8.99. The molecular weight excluding hydrogens is 240 g/mol. The van der Waals surface area contributed by atoms with Crippen LogP contribution in [0.1, 0.15) is 27.4 Å². The van der Waals surface area contributed by atoms with Gasteiger partial charge >= 0.3 is 0 Å². The maximum atomic E-state index is 11.3. The Bertz CT molecular complexity index is 642. The molecule has 2 rings (SSSR count). The van der Waals surface area contributed by atoms with Crippen molar-refractivity contribution >= 4 is 6.29 Å². The van der Waals surface area contributed by atoms with Gasteiger partial charge in [0.1, 0.15) is 17.3 Å². The molecule has 2 aromatic rings. The summed E-state index contributed by atoms with van der Waals surface area (Å²) >= 11 is 0. The Morgan fingerprint density at radius 2 is 1.89 bits per heavy atom. The molecule has 0 unspecified atom stereocenters. The molecule has 0 saturated carbocycles. The summed E-state index contributed by atoms with van der Waals surface area (Å²) in [6.45, 7) is 5.87. The quantitative estimate of drug-likeness (QED) is 0.795. The smallest absolute Gasteiger partial charge is 0.168 e. The molecule has 1 heterocycles. The third-order valence-corrected chi connectivity index (χ3v) is 3.47. The van der Waals surface area contributed by atoms with Crippen molar-refractivity contribution in [3.05, 3.63) is 34.8 Å². The Hall–Kier alpha value is -2.10. The zero-order chi connectivity index (χ0) is 14.2. The van der Waals surface area contributed by atoms with Crippen LogP contribution in [0.4, 0.5) is 0 Å². The number of carbonyl (C=O) groups is 1. The van der Waals surface area contributed by atoms with Crippen LogP contribution in [-0.4, -0.2) is 22.9 Å². The lowest BCUT2D eigenvalue weighted by Gasteiger charge is -2.10. The first-order valence-corrected chi connectivity index (χ1v) is 6.13. The van der Waals surface area contributed by atoms with Gasteiger partial charge in [0.15, 0.2) is 6.29 Å². The van der Waals surface area contributed by atoms with Gasteiger partial charge in [-0.1, -0.05) is 0 Å². The molecule has 0 amide bonds. The van der Waals surface area contributed by atoms with E-state index in [1.807, 2.05) is 40.0 Å². The fourth-order valence-corrected chi connectivity index (χ4v) is 2.23. The average Bonchev–Trinajstić information content (AvgIpc) is 2.67. The number of imidazole rings is 1. The van der Waals surface area contributed by atoms with Crippen LogP contribution in [0.5, 0.6) is 5.75 Å². The third kappa shape index (κ3) is 2.14. The van der Waals surface area contributed by atoms with Crippen molar-refractivity contribution in [2.24, 2.45) is 7.05 Å². The molecule has 1 aromatic carbocycles. The van der Waals surface area contributed by atoms with Crippen LogP contribution < -0.4 is 4.74 Å². The number of carbonyl (C=O) groups excluding carboxylic acids is 1. The monoisotopic (exact) mass is 258 g/mol. The lowest BCUT2D eigenvalue weighted by atomic mass is 10.0. The second-order valence-electron chi connectivity index (χ2n) is 4.71. The number of aromatic nitrogens is 2. The molecule has 0 atom stereocenters. The van der Waals surface area contributed by atoms with Crippen LogP contribution in [0.15, 0.2) is 12.1 Å². The summed E-state index contributed by atoms with van der Waals surface area (Å²) in [5.74, 6) is 1.67. The van der Waals surface area contributed by atoms with E-state index in [4.69, 9.17) is 4.74 Å². The number of ether oxygens (including phenoxy) is 1. The topological polar surface area (TPSA) is 44.1 Å². The van der Waals surface area contributed by atoms with E-state index >= 15 is 0 Å². The van der Waals surface area contributed by atoms with E-state index in [-0.39, 0.29) is 0 Å². The average molecular weight is 258 g/mol. The Kier molecular flexibility index (Phi) is 3.42. The summed E-state index contributed by atoms with van der Waals surface area (Å²) < 4.78 is 7.11. The van der Waals surface area contributed by atoms with Crippen molar-refractivity contribution in [3.8, 4) is 17.0 Å². The van der Waals surface area contributed by atoms with Gasteiger partial charge in [0, 0.05) is 12.6 Å². The normalized spacial score (nSPS) is 10.6. The SMILES string of the molecule is COc1cc(C)c(-c2nc(C)n(C)c2C=O)cc1C. The number of aldehydes is 1. The highest BCUT2D eigenvalue weighted by molar-refractivity contribution is 5.85. The Morgan fingerprint density at radius 3 is 2.47 bits per heavy atom. The largest absolute Gasteiger partial charge is 0.496 e. The van der Waals surface area contributed by atoms with Crippen LogP contribution in [0.25, 0.3) is 11.3 Å². The second-order valence-corrected chi connectivity index (χ2v) is 4.71. The van der Waals surface area contributed by atoms with Gasteiger partial charge < -0.3 is 9.30 Å². The van der Waals surface area contributed by atoms with Gasteiger partial charge in [-0.2, -0.15) is 0 Å². The minimum Gasteiger partial charge on any atom is -0.496 e. The van der Waals surface area contributed by atoms with Crippen molar-refractivity contribution < 1.29 is 9.53 Å². The molecule has 4 nitrogen and oxygen atoms in total. The minimum absolute atomic E-state index is 0.602. The van der Waals surface area contributed by atoms with Gasteiger partial charge in [-0.15, -0.1) is 0 Å². The first-order valence-electron chi connectivity index (χ1n) is 6.13. The van der Waals surface area contributed by atoms with E-state index in [2.05, 4.69) is 4.98 Å². The molecule has 0 aliphatic rings. The molecule has 0 N–H and O–H groups in total. The minimum atomic E-state index is 0.602. The molecule has 0 fully saturated rings. The molecule has 0 saturated heterocycles. The van der Waals surface area contributed by atoms with Crippen LogP contribution in [0.2, 0.25) is 0 Å². The zero-order valence-corrected chi connectivity index (χ0v) is 11.9. The summed E-state index contributed by atoms with van der Waals surface area (Å²) in [4.78, 5) is 15.8. The van der Waals surface area contributed by atoms with Gasteiger partial charge in [-0.3, -0.25) is 4.79 Å². The Labute approximate surface area is 113 Å². The lowest BCUT2D eigenvalue weighted by Crippen LogP contribution is -1.98. The predicted octanol–water partition coefficient (Wildman–Crippen LogP) is 2.83. The summed E-state index contributed by atoms with van der Waals surface area (Å²) in [5, 5.41) is 0. The number of methoxy groups -OCH3 is 1. The van der Waals surface area contributed by atoms with Crippen LogP contribution in [-0.2, 0) is 7.05 Å². The Balaban J connectivity index is 2.69. The van der Waals surface area contributed by atoms with Crippen molar-refractivity contribution in [2.45, 2.75) is 20.8 Å². The molecule has 0 spiro atoms. The third-order valence-electron chi connectivity index (χ3n) is 3.47. The highest BCUT2D eigenvalue weighted by Gasteiger charge is 2.16. The zero-order valence-electron chi connectivity index (χ0n) is 11.9. The molecule has 1 aromatic heterocycles. The fourth-order valence-electron chi connectivity index (χ4n) is 2.23. The van der Waals surface area contributed by atoms with Gasteiger partial charge in [0.25, 0.3) is 0 Å². The molecule has 19 heavy (non-hydrogen) atoms.